The number of nitrogens with one attached hydrogen (secondary N) is 1. The summed E-state index contributed by atoms with van der Waals surface area (Å²) in [5, 5.41) is 2.95. The number of carbonyl (C=O) groups excluding carboxylic acids is 2. The first kappa shape index (κ1) is 24.1. The molecule has 1 unspecified atom stereocenters. The Morgan fingerprint density at radius 1 is 1.12 bits per heavy atom. The highest BCUT2D eigenvalue weighted by molar-refractivity contribution is 8.24. The Balaban J connectivity index is 1.65. The van der Waals surface area contributed by atoms with Crippen LogP contribution in [0.1, 0.15) is 24.4 Å². The molecule has 1 aliphatic heterocycles. The summed E-state index contributed by atoms with van der Waals surface area (Å²) in [4.78, 5) is 39.8. The van der Waals surface area contributed by atoms with Gasteiger partial charge >= 0.3 is 0 Å². The fourth-order valence-corrected chi connectivity index (χ4v) is 5.51. The third kappa shape index (κ3) is 5.55. The zero-order chi connectivity index (χ0) is 24.1. The van der Waals surface area contributed by atoms with Crippen LogP contribution in [-0.2, 0) is 9.59 Å². The van der Waals surface area contributed by atoms with E-state index < -0.39 is 28.4 Å². The van der Waals surface area contributed by atoms with Gasteiger partial charge in [-0.15, -0.1) is 11.6 Å². The number of alkyl halides is 1. The lowest BCUT2D eigenvalue weighted by molar-refractivity contribution is -0.126. The summed E-state index contributed by atoms with van der Waals surface area (Å²) in [5.41, 5.74) is 1.62. The van der Waals surface area contributed by atoms with Crippen molar-refractivity contribution < 1.29 is 23.1 Å². The van der Waals surface area contributed by atoms with Gasteiger partial charge in [0.2, 0.25) is 11.8 Å². The SMILES string of the molecule is O=C(NC1CCS(O)(O)CC1)C(c1cncnc1)N(C(=O)CCl)c1ccc(-c2cnco2)cc1. The number of nitrogens with zero attached hydrogens (tertiary/aromatic N) is 4. The number of oxazole rings is 1. The molecule has 180 valence electrons. The number of hydrogen-bond acceptors (Lipinski definition) is 8. The van der Waals surface area contributed by atoms with Crippen LogP contribution in [0.2, 0.25) is 0 Å². The zero-order valence-electron chi connectivity index (χ0n) is 18.1. The van der Waals surface area contributed by atoms with E-state index in [1.807, 2.05) is 0 Å². The van der Waals surface area contributed by atoms with Gasteiger partial charge in [-0.05, 0) is 37.1 Å². The van der Waals surface area contributed by atoms with Crippen LogP contribution in [0.15, 0.2) is 60.0 Å². The molecule has 1 fully saturated rings. The van der Waals surface area contributed by atoms with Crippen molar-refractivity contribution in [1.82, 2.24) is 20.3 Å². The number of hydrogen-bond donors (Lipinski definition) is 3. The lowest BCUT2D eigenvalue weighted by Gasteiger charge is -2.40. The van der Waals surface area contributed by atoms with Crippen molar-refractivity contribution in [3.05, 3.63) is 61.1 Å². The Morgan fingerprint density at radius 3 is 2.38 bits per heavy atom. The third-order valence-electron chi connectivity index (χ3n) is 5.58. The maximum absolute atomic E-state index is 13.5. The molecular weight excluding hydrogens is 482 g/mol. The maximum atomic E-state index is 13.5. The average Bonchev–Trinajstić information content (AvgIpc) is 3.39. The molecule has 2 aromatic heterocycles. The molecule has 3 N–H and O–H groups in total. The minimum Gasteiger partial charge on any atom is -0.444 e. The number of aromatic nitrogens is 3. The second-order valence-electron chi connectivity index (χ2n) is 7.88. The highest BCUT2D eigenvalue weighted by atomic mass is 35.5. The second kappa shape index (κ2) is 10.5. The van der Waals surface area contributed by atoms with E-state index in [0.717, 1.165) is 5.56 Å². The maximum Gasteiger partial charge on any atom is 0.248 e. The quantitative estimate of drug-likeness (QED) is 0.414. The molecule has 34 heavy (non-hydrogen) atoms. The molecule has 10 nitrogen and oxygen atoms in total. The first-order valence-corrected chi connectivity index (χ1v) is 13.0. The van der Waals surface area contributed by atoms with Crippen molar-refractivity contribution in [2.45, 2.75) is 24.9 Å². The van der Waals surface area contributed by atoms with Gasteiger partial charge in [-0.25, -0.2) is 15.0 Å². The molecule has 1 atom stereocenters. The number of halogens is 1. The molecule has 3 aromatic rings. The number of rotatable bonds is 7. The Hall–Kier alpha value is -2.99. The summed E-state index contributed by atoms with van der Waals surface area (Å²) < 4.78 is 25.1. The van der Waals surface area contributed by atoms with Gasteiger partial charge in [0.15, 0.2) is 12.2 Å². The van der Waals surface area contributed by atoms with Crippen LogP contribution in [0.25, 0.3) is 11.3 Å². The van der Waals surface area contributed by atoms with Gasteiger partial charge in [-0.2, -0.15) is 10.6 Å². The van der Waals surface area contributed by atoms with Crippen LogP contribution in [0.5, 0.6) is 0 Å². The van der Waals surface area contributed by atoms with E-state index in [2.05, 4.69) is 20.3 Å². The molecule has 0 spiro atoms. The summed E-state index contributed by atoms with van der Waals surface area (Å²) in [6, 6.07) is 5.58. The van der Waals surface area contributed by atoms with Gasteiger partial charge in [-0.3, -0.25) is 23.6 Å². The summed E-state index contributed by atoms with van der Waals surface area (Å²) in [7, 11) is -2.59. The summed E-state index contributed by atoms with van der Waals surface area (Å²) in [5.74, 6) is -0.233. The predicted molar refractivity (Wildman–Crippen MR) is 129 cm³/mol. The van der Waals surface area contributed by atoms with Gasteiger partial charge in [0.05, 0.1) is 6.20 Å². The van der Waals surface area contributed by atoms with Crippen LogP contribution in [0.4, 0.5) is 5.69 Å². The first-order chi connectivity index (χ1) is 16.4. The standard InChI is InChI=1S/C22H24ClN5O5S/c23-9-20(29)28(18-3-1-15(2-4-18)19-12-26-14-33-19)21(16-10-24-13-25-11-16)22(30)27-17-5-7-34(31,32)8-6-17/h1-4,10-14,17,21,31-32H,5-9H2,(H,27,30). The summed E-state index contributed by atoms with van der Waals surface area (Å²) in [6.07, 6.45) is 8.06. The van der Waals surface area contributed by atoms with Crippen LogP contribution < -0.4 is 10.2 Å². The molecule has 0 saturated carbocycles. The number of benzene rings is 1. The van der Waals surface area contributed by atoms with Gasteiger partial charge in [0, 0.05) is 46.8 Å². The van der Waals surface area contributed by atoms with E-state index in [0.29, 0.717) is 29.9 Å². The predicted octanol–water partition coefficient (Wildman–Crippen LogP) is 3.47. The second-order valence-corrected chi connectivity index (χ2v) is 10.6. The summed E-state index contributed by atoms with van der Waals surface area (Å²) >= 11 is 5.94. The lowest BCUT2D eigenvalue weighted by Crippen LogP contribution is -2.48. The minimum atomic E-state index is -2.59. The molecule has 3 heterocycles. The highest BCUT2D eigenvalue weighted by Crippen LogP contribution is 2.44. The van der Waals surface area contributed by atoms with Crippen LogP contribution in [0.3, 0.4) is 0 Å². The average molecular weight is 506 g/mol. The van der Waals surface area contributed by atoms with E-state index in [4.69, 9.17) is 16.0 Å². The third-order valence-corrected chi connectivity index (χ3v) is 7.59. The van der Waals surface area contributed by atoms with Gasteiger partial charge < -0.3 is 9.73 Å². The monoisotopic (exact) mass is 505 g/mol. The molecule has 12 heteroatoms. The zero-order valence-corrected chi connectivity index (χ0v) is 19.7. The van der Waals surface area contributed by atoms with E-state index >= 15 is 0 Å². The van der Waals surface area contributed by atoms with Gasteiger partial charge in [0.1, 0.15) is 18.2 Å². The van der Waals surface area contributed by atoms with Crippen molar-refractivity contribution in [3.8, 4) is 11.3 Å². The fourth-order valence-electron chi connectivity index (χ4n) is 3.85. The van der Waals surface area contributed by atoms with Crippen LogP contribution >= 0.6 is 22.2 Å². The van der Waals surface area contributed by atoms with Crippen molar-refractivity contribution >= 4 is 39.7 Å². The molecule has 1 aromatic carbocycles. The van der Waals surface area contributed by atoms with Crippen molar-refractivity contribution in [1.29, 1.82) is 0 Å². The molecule has 0 aliphatic carbocycles. The van der Waals surface area contributed by atoms with Crippen LogP contribution in [-0.4, -0.2) is 59.3 Å². The smallest absolute Gasteiger partial charge is 0.248 e. The number of amides is 2. The Labute approximate surface area is 202 Å². The van der Waals surface area contributed by atoms with E-state index in [-0.39, 0.29) is 23.4 Å². The van der Waals surface area contributed by atoms with Gasteiger partial charge in [0.25, 0.3) is 0 Å². The van der Waals surface area contributed by atoms with E-state index in [1.165, 1.54) is 30.0 Å². The largest absolute Gasteiger partial charge is 0.444 e. The Bertz CT molecular complexity index is 1100. The van der Waals surface area contributed by atoms with Crippen molar-refractivity contribution in [2.24, 2.45) is 0 Å². The normalized spacial score (nSPS) is 17.5. The molecular formula is C22H24ClN5O5S. The van der Waals surface area contributed by atoms with E-state index in [1.54, 1.807) is 30.5 Å². The lowest BCUT2D eigenvalue weighted by atomic mass is 10.0. The number of anilines is 1. The Morgan fingerprint density at radius 2 is 1.79 bits per heavy atom. The highest BCUT2D eigenvalue weighted by Gasteiger charge is 2.35. The summed E-state index contributed by atoms with van der Waals surface area (Å²) in [6.45, 7) is 0. The molecule has 1 aliphatic rings. The first-order valence-electron chi connectivity index (χ1n) is 10.5. The molecule has 4 rings (SSSR count). The molecule has 2 amide bonds. The molecule has 1 saturated heterocycles. The minimum absolute atomic E-state index is 0.227. The number of carbonyl (C=O) groups is 2. The van der Waals surface area contributed by atoms with Crippen molar-refractivity contribution in [2.75, 3.05) is 22.3 Å². The molecule has 0 bridgehead atoms. The topological polar surface area (TPSA) is 142 Å². The Kier molecular flexibility index (Phi) is 7.47. The van der Waals surface area contributed by atoms with Crippen molar-refractivity contribution in [3.63, 3.8) is 0 Å². The molecule has 0 radical (unpaired) electrons. The fraction of sp³-hybridized carbons (Fsp3) is 0.318. The van der Waals surface area contributed by atoms with Gasteiger partial charge in [-0.1, -0.05) is 0 Å². The van der Waals surface area contributed by atoms with Crippen LogP contribution in [0, 0.1) is 0 Å². The van der Waals surface area contributed by atoms with E-state index in [9.17, 15) is 18.7 Å².